The van der Waals surface area contributed by atoms with Crippen molar-refractivity contribution >= 4 is 23.2 Å². The molecule has 0 bridgehead atoms. The molecule has 2 rings (SSSR count). The highest BCUT2D eigenvalue weighted by molar-refractivity contribution is 6.18. The molecule has 2 aromatic carbocycles. The minimum Gasteiger partial charge on any atom is -0.457 e. The maximum absolute atomic E-state index is 13.5. The Balaban J connectivity index is 2.27. The van der Waals surface area contributed by atoms with Crippen LogP contribution >= 0.6 is 23.2 Å². The van der Waals surface area contributed by atoms with Crippen LogP contribution in [-0.4, -0.2) is 11.8 Å². The van der Waals surface area contributed by atoms with Crippen LogP contribution in [0.4, 0.5) is 8.78 Å². The van der Waals surface area contributed by atoms with Crippen molar-refractivity contribution < 1.29 is 13.5 Å². The molecule has 0 heterocycles. The average Bonchev–Trinajstić information content (AvgIpc) is 2.54. The summed E-state index contributed by atoms with van der Waals surface area (Å²) in [4.78, 5) is 0. The molecule has 0 unspecified atom stereocenters. The Hall–Kier alpha value is -1.32. The van der Waals surface area contributed by atoms with Gasteiger partial charge in [0.05, 0.1) is 0 Å². The zero-order chi connectivity index (χ0) is 16.7. The standard InChI is InChI=1S/C18H18Cl2F2O/c19-9-1-3-13-11-15(21)5-7-17(13)23-18-8-6-16(22)12-14(18)4-2-10-20/h5-8,11-12H,1-4,9-10H2. The number of aryl methyl sites for hydroxylation is 2. The summed E-state index contributed by atoms with van der Waals surface area (Å²) < 4.78 is 32.8. The summed E-state index contributed by atoms with van der Waals surface area (Å²) >= 11 is 11.4. The summed E-state index contributed by atoms with van der Waals surface area (Å²) in [6.07, 6.45) is 2.69. The molecule has 0 fully saturated rings. The molecule has 0 aliphatic rings. The van der Waals surface area contributed by atoms with E-state index >= 15 is 0 Å². The van der Waals surface area contributed by atoms with E-state index in [4.69, 9.17) is 27.9 Å². The average molecular weight is 359 g/mol. The highest BCUT2D eigenvalue weighted by atomic mass is 35.5. The first-order valence-corrected chi connectivity index (χ1v) is 8.57. The van der Waals surface area contributed by atoms with E-state index in [1.807, 2.05) is 0 Å². The normalized spacial score (nSPS) is 10.8. The molecule has 0 radical (unpaired) electrons. The Morgan fingerprint density at radius 1 is 0.739 bits per heavy atom. The van der Waals surface area contributed by atoms with Gasteiger partial charge in [-0.3, -0.25) is 0 Å². The lowest BCUT2D eigenvalue weighted by atomic mass is 10.1. The van der Waals surface area contributed by atoms with Gasteiger partial charge in [-0.2, -0.15) is 0 Å². The van der Waals surface area contributed by atoms with Crippen molar-refractivity contribution in [1.82, 2.24) is 0 Å². The van der Waals surface area contributed by atoms with E-state index in [0.717, 1.165) is 24.0 Å². The molecule has 0 saturated heterocycles. The predicted octanol–water partition coefficient (Wildman–Crippen LogP) is 6.10. The van der Waals surface area contributed by atoms with Crippen molar-refractivity contribution in [2.75, 3.05) is 11.8 Å². The molecule has 1 nitrogen and oxygen atoms in total. The minimum atomic E-state index is -0.316. The van der Waals surface area contributed by atoms with Crippen LogP contribution in [0.2, 0.25) is 0 Å². The summed E-state index contributed by atoms with van der Waals surface area (Å²) in [6.45, 7) is 0. The lowest BCUT2D eigenvalue weighted by molar-refractivity contribution is 0.464. The van der Waals surface area contributed by atoms with Crippen LogP contribution in [0, 0.1) is 11.6 Å². The summed E-state index contributed by atoms with van der Waals surface area (Å²) in [5.41, 5.74) is 1.50. The van der Waals surface area contributed by atoms with E-state index in [2.05, 4.69) is 0 Å². The van der Waals surface area contributed by atoms with Crippen molar-refractivity contribution in [3.05, 3.63) is 59.2 Å². The summed E-state index contributed by atoms with van der Waals surface area (Å²) in [5.74, 6) is 1.48. The summed E-state index contributed by atoms with van der Waals surface area (Å²) in [6, 6.07) is 8.78. The Kier molecular flexibility index (Phi) is 7.13. The first-order chi connectivity index (χ1) is 11.1. The number of hydrogen-bond donors (Lipinski definition) is 0. The van der Waals surface area contributed by atoms with Gasteiger partial charge in [-0.05, 0) is 73.2 Å². The molecule has 2 aromatic rings. The molecule has 0 aliphatic carbocycles. The topological polar surface area (TPSA) is 9.23 Å². The van der Waals surface area contributed by atoms with E-state index in [1.165, 1.54) is 24.3 Å². The highest BCUT2D eigenvalue weighted by Gasteiger charge is 2.11. The fraction of sp³-hybridized carbons (Fsp3) is 0.333. The van der Waals surface area contributed by atoms with Gasteiger partial charge in [0.1, 0.15) is 23.1 Å². The van der Waals surface area contributed by atoms with Crippen LogP contribution in [0.5, 0.6) is 11.5 Å². The third-order valence-corrected chi connectivity index (χ3v) is 3.96. The fourth-order valence-corrected chi connectivity index (χ4v) is 2.59. The molecular formula is C18H18Cl2F2O. The van der Waals surface area contributed by atoms with Crippen LogP contribution in [0.3, 0.4) is 0 Å². The molecule has 124 valence electrons. The third kappa shape index (κ3) is 5.36. The monoisotopic (exact) mass is 358 g/mol. The number of benzene rings is 2. The first-order valence-electron chi connectivity index (χ1n) is 7.50. The second kappa shape index (κ2) is 9.09. The highest BCUT2D eigenvalue weighted by Crippen LogP contribution is 2.31. The zero-order valence-corrected chi connectivity index (χ0v) is 14.1. The Morgan fingerprint density at radius 2 is 1.17 bits per heavy atom. The molecule has 0 saturated carbocycles. The van der Waals surface area contributed by atoms with E-state index in [9.17, 15) is 8.78 Å². The van der Waals surface area contributed by atoms with Gasteiger partial charge in [-0.25, -0.2) is 8.78 Å². The smallest absolute Gasteiger partial charge is 0.130 e. The minimum absolute atomic E-state index is 0.316. The van der Waals surface area contributed by atoms with Crippen molar-refractivity contribution in [1.29, 1.82) is 0 Å². The van der Waals surface area contributed by atoms with Crippen LogP contribution in [-0.2, 0) is 12.8 Å². The van der Waals surface area contributed by atoms with Gasteiger partial charge in [0.2, 0.25) is 0 Å². The van der Waals surface area contributed by atoms with E-state index < -0.39 is 0 Å². The van der Waals surface area contributed by atoms with Gasteiger partial charge in [-0.15, -0.1) is 23.2 Å². The van der Waals surface area contributed by atoms with Gasteiger partial charge in [0.25, 0.3) is 0 Å². The maximum atomic E-state index is 13.5. The van der Waals surface area contributed by atoms with Crippen molar-refractivity contribution in [3.8, 4) is 11.5 Å². The molecule has 0 amide bonds. The fourth-order valence-electron chi connectivity index (χ4n) is 2.32. The van der Waals surface area contributed by atoms with Crippen LogP contribution in [0.1, 0.15) is 24.0 Å². The molecule has 0 N–H and O–H groups in total. The second-order valence-electron chi connectivity index (χ2n) is 5.19. The van der Waals surface area contributed by atoms with Gasteiger partial charge >= 0.3 is 0 Å². The van der Waals surface area contributed by atoms with Gasteiger partial charge in [0, 0.05) is 11.8 Å². The molecule has 0 aromatic heterocycles. The Labute approximate surface area is 145 Å². The largest absolute Gasteiger partial charge is 0.457 e. The van der Waals surface area contributed by atoms with Gasteiger partial charge in [0.15, 0.2) is 0 Å². The quantitative estimate of drug-likeness (QED) is 0.518. The number of ether oxygens (including phenoxy) is 1. The van der Waals surface area contributed by atoms with Gasteiger partial charge in [-0.1, -0.05) is 0 Å². The molecule has 0 atom stereocenters. The number of rotatable bonds is 8. The SMILES string of the molecule is Fc1ccc(Oc2ccc(F)cc2CCCCl)c(CCCCl)c1. The summed E-state index contributed by atoms with van der Waals surface area (Å²) in [7, 11) is 0. The maximum Gasteiger partial charge on any atom is 0.130 e. The number of halogens is 4. The molecule has 23 heavy (non-hydrogen) atoms. The lowest BCUT2D eigenvalue weighted by Gasteiger charge is -2.14. The third-order valence-electron chi connectivity index (χ3n) is 3.42. The molecule has 0 spiro atoms. The second-order valence-corrected chi connectivity index (χ2v) is 5.95. The number of hydrogen-bond acceptors (Lipinski definition) is 1. The molecule has 0 aliphatic heterocycles. The van der Waals surface area contributed by atoms with Crippen molar-refractivity contribution in [2.24, 2.45) is 0 Å². The predicted molar refractivity (Wildman–Crippen MR) is 91.0 cm³/mol. The Bertz CT molecular complexity index is 591. The zero-order valence-electron chi connectivity index (χ0n) is 12.6. The van der Waals surface area contributed by atoms with Crippen LogP contribution in [0.25, 0.3) is 0 Å². The first kappa shape index (κ1) is 18.0. The van der Waals surface area contributed by atoms with E-state index in [-0.39, 0.29) is 11.6 Å². The lowest BCUT2D eigenvalue weighted by Crippen LogP contribution is -1.98. The Morgan fingerprint density at radius 3 is 1.57 bits per heavy atom. The molecular weight excluding hydrogens is 341 g/mol. The van der Waals surface area contributed by atoms with Crippen LogP contribution < -0.4 is 4.74 Å². The van der Waals surface area contributed by atoms with E-state index in [1.54, 1.807) is 12.1 Å². The van der Waals surface area contributed by atoms with E-state index in [0.29, 0.717) is 36.1 Å². The molecule has 5 heteroatoms. The number of alkyl halides is 2. The summed E-state index contributed by atoms with van der Waals surface area (Å²) in [5, 5.41) is 0. The van der Waals surface area contributed by atoms with Gasteiger partial charge < -0.3 is 4.74 Å². The van der Waals surface area contributed by atoms with Crippen LogP contribution in [0.15, 0.2) is 36.4 Å². The van der Waals surface area contributed by atoms with Crippen molar-refractivity contribution in [3.63, 3.8) is 0 Å². The van der Waals surface area contributed by atoms with Crippen molar-refractivity contribution in [2.45, 2.75) is 25.7 Å².